The molecule has 8 aromatic carbocycles. The molecule has 0 amide bonds. The summed E-state index contributed by atoms with van der Waals surface area (Å²) in [5, 5.41) is 4.68. The fourth-order valence-corrected chi connectivity index (χ4v) is 7.01. The molecule has 0 fully saturated rings. The molecule has 0 unspecified atom stereocenters. The predicted octanol–water partition coefficient (Wildman–Crippen LogP) is 12.2. The van der Waals surface area contributed by atoms with Crippen LogP contribution in [0.5, 0.6) is 0 Å². The Morgan fingerprint density at radius 3 is 1.00 bits per heavy atom. The van der Waals surface area contributed by atoms with Crippen molar-refractivity contribution in [2.75, 3.05) is 0 Å². The van der Waals surface area contributed by atoms with Crippen molar-refractivity contribution in [3.63, 3.8) is 0 Å². The lowest BCUT2D eigenvalue weighted by atomic mass is 9.87. The van der Waals surface area contributed by atoms with Crippen LogP contribution >= 0.6 is 0 Å². The first kappa shape index (κ1) is 29.4. The van der Waals surface area contributed by atoms with E-state index in [1.165, 1.54) is 44.2 Å². The van der Waals surface area contributed by atoms with Gasteiger partial charge in [0.1, 0.15) is 0 Å². The van der Waals surface area contributed by atoms with Gasteiger partial charge in [0.25, 0.3) is 0 Å². The largest absolute Gasteiger partial charge is 0.208 e. The van der Waals surface area contributed by atoms with E-state index < -0.39 is 0 Å². The molecule has 0 aliphatic heterocycles. The summed E-state index contributed by atoms with van der Waals surface area (Å²) in [6.45, 7) is 0. The third-order valence-electron chi connectivity index (χ3n) is 9.38. The van der Waals surface area contributed by atoms with Crippen molar-refractivity contribution >= 4 is 21.5 Å². The molecule has 50 heavy (non-hydrogen) atoms. The number of aromatic nitrogens is 3. The third kappa shape index (κ3) is 5.32. The Balaban J connectivity index is 1.22. The summed E-state index contributed by atoms with van der Waals surface area (Å²) < 4.78 is 0. The highest BCUT2D eigenvalue weighted by Crippen LogP contribution is 2.42. The average Bonchev–Trinajstić information content (AvgIpc) is 3.21. The molecule has 1 aromatic heterocycles. The fourth-order valence-electron chi connectivity index (χ4n) is 7.01. The van der Waals surface area contributed by atoms with Crippen LogP contribution in [0, 0.1) is 0 Å². The molecule has 0 spiro atoms. The fraction of sp³-hybridized carbons (Fsp3) is 0. The second kappa shape index (κ2) is 12.7. The average molecular weight is 638 g/mol. The molecular weight excluding hydrogens is 607 g/mol. The first-order valence-corrected chi connectivity index (χ1v) is 16.9. The molecule has 0 atom stereocenters. The summed E-state index contributed by atoms with van der Waals surface area (Å²) in [4.78, 5) is 15.0. The second-order valence-corrected chi connectivity index (χ2v) is 12.4. The topological polar surface area (TPSA) is 38.7 Å². The summed E-state index contributed by atoms with van der Waals surface area (Å²) in [5.74, 6) is 1.96. The lowest BCUT2D eigenvalue weighted by Gasteiger charge is -2.17. The first-order valence-electron chi connectivity index (χ1n) is 16.9. The van der Waals surface area contributed by atoms with Gasteiger partial charge >= 0.3 is 0 Å². The van der Waals surface area contributed by atoms with Crippen LogP contribution in [0.25, 0.3) is 89.1 Å². The number of fused-ring (bicyclic) bond motifs is 2. The molecule has 9 aromatic rings. The molecular formula is C47H31N3. The molecule has 0 aliphatic rings. The Labute approximate surface area is 291 Å². The van der Waals surface area contributed by atoms with Crippen molar-refractivity contribution in [2.24, 2.45) is 0 Å². The van der Waals surface area contributed by atoms with E-state index in [1.807, 2.05) is 60.7 Å². The quantitative estimate of drug-likeness (QED) is 0.182. The van der Waals surface area contributed by atoms with E-state index in [0.29, 0.717) is 17.5 Å². The van der Waals surface area contributed by atoms with Gasteiger partial charge in [-0.05, 0) is 61.0 Å². The van der Waals surface area contributed by atoms with Crippen LogP contribution in [0.2, 0.25) is 0 Å². The summed E-state index contributed by atoms with van der Waals surface area (Å²) in [5.41, 5.74) is 10.1. The van der Waals surface area contributed by atoms with Crippen molar-refractivity contribution in [3.8, 4) is 67.5 Å². The highest BCUT2D eigenvalue weighted by molar-refractivity contribution is 6.12. The zero-order chi connectivity index (χ0) is 33.3. The molecule has 0 radical (unpaired) electrons. The van der Waals surface area contributed by atoms with E-state index in [-0.39, 0.29) is 0 Å². The van der Waals surface area contributed by atoms with Gasteiger partial charge in [-0.1, -0.05) is 182 Å². The zero-order valence-electron chi connectivity index (χ0n) is 27.2. The van der Waals surface area contributed by atoms with Gasteiger partial charge in [0.05, 0.1) is 0 Å². The van der Waals surface area contributed by atoms with E-state index in [1.54, 1.807) is 0 Å². The van der Waals surface area contributed by atoms with Crippen LogP contribution in [-0.4, -0.2) is 15.0 Å². The molecule has 0 saturated carbocycles. The third-order valence-corrected chi connectivity index (χ3v) is 9.38. The number of benzene rings is 8. The van der Waals surface area contributed by atoms with E-state index in [4.69, 9.17) is 15.0 Å². The Bertz CT molecular complexity index is 2570. The van der Waals surface area contributed by atoms with Gasteiger partial charge in [0, 0.05) is 16.7 Å². The lowest BCUT2D eigenvalue weighted by Crippen LogP contribution is -2.00. The molecule has 9 rings (SSSR count). The molecule has 3 heteroatoms. The van der Waals surface area contributed by atoms with E-state index in [9.17, 15) is 0 Å². The number of hydrogen-bond acceptors (Lipinski definition) is 3. The van der Waals surface area contributed by atoms with Crippen molar-refractivity contribution in [1.82, 2.24) is 15.0 Å². The van der Waals surface area contributed by atoms with Crippen molar-refractivity contribution in [2.45, 2.75) is 0 Å². The standard InChI is InChI=1S/C47H31N3/c1-4-16-32(17-5-1)35-22-10-11-23-36(35)41-28-29-42(38-25-13-12-24-37(38)41)43-30-31-44(40-27-15-14-26-39(40)43)47-49-45(33-18-6-2-7-19-33)48-46(50-47)34-20-8-3-9-21-34/h1-31H. The highest BCUT2D eigenvalue weighted by Gasteiger charge is 2.18. The van der Waals surface area contributed by atoms with Gasteiger partial charge in [0.2, 0.25) is 0 Å². The summed E-state index contributed by atoms with van der Waals surface area (Å²) in [7, 11) is 0. The van der Waals surface area contributed by atoms with Gasteiger partial charge in [-0.3, -0.25) is 0 Å². The van der Waals surface area contributed by atoms with Crippen molar-refractivity contribution in [3.05, 3.63) is 188 Å². The van der Waals surface area contributed by atoms with E-state index >= 15 is 0 Å². The normalized spacial score (nSPS) is 11.2. The van der Waals surface area contributed by atoms with Crippen molar-refractivity contribution in [1.29, 1.82) is 0 Å². The molecule has 234 valence electrons. The Kier molecular flexibility index (Phi) is 7.49. The Hall–Kier alpha value is -6.71. The SMILES string of the molecule is c1ccc(-c2nc(-c3ccccc3)nc(-c3ccc(-c4ccc(-c5ccccc5-c5ccccc5)c5ccccc45)c4ccccc34)n2)cc1. The van der Waals surface area contributed by atoms with Crippen LogP contribution < -0.4 is 0 Å². The minimum atomic E-state index is 0.651. The first-order chi connectivity index (χ1) is 24.8. The molecule has 0 bridgehead atoms. The van der Waals surface area contributed by atoms with Crippen LogP contribution in [0.4, 0.5) is 0 Å². The smallest absolute Gasteiger partial charge is 0.164 e. The minimum Gasteiger partial charge on any atom is -0.208 e. The van der Waals surface area contributed by atoms with E-state index in [2.05, 4.69) is 127 Å². The van der Waals surface area contributed by atoms with Gasteiger partial charge in [0.15, 0.2) is 17.5 Å². The number of hydrogen-bond donors (Lipinski definition) is 0. The zero-order valence-corrected chi connectivity index (χ0v) is 27.2. The second-order valence-electron chi connectivity index (χ2n) is 12.4. The Morgan fingerprint density at radius 2 is 0.520 bits per heavy atom. The Morgan fingerprint density at radius 1 is 0.200 bits per heavy atom. The van der Waals surface area contributed by atoms with Gasteiger partial charge < -0.3 is 0 Å². The maximum atomic E-state index is 5.06. The molecule has 0 saturated heterocycles. The summed E-state index contributed by atoms with van der Waals surface area (Å²) >= 11 is 0. The van der Waals surface area contributed by atoms with Crippen LogP contribution in [0.3, 0.4) is 0 Å². The number of rotatable bonds is 6. The van der Waals surface area contributed by atoms with Gasteiger partial charge in [-0.25, -0.2) is 15.0 Å². The maximum absolute atomic E-state index is 5.06. The molecule has 3 nitrogen and oxygen atoms in total. The minimum absolute atomic E-state index is 0.651. The number of nitrogens with zero attached hydrogens (tertiary/aromatic N) is 3. The van der Waals surface area contributed by atoms with Crippen molar-refractivity contribution < 1.29 is 0 Å². The monoisotopic (exact) mass is 637 g/mol. The molecule has 1 heterocycles. The van der Waals surface area contributed by atoms with E-state index in [0.717, 1.165) is 27.5 Å². The predicted molar refractivity (Wildman–Crippen MR) is 207 cm³/mol. The van der Waals surface area contributed by atoms with Gasteiger partial charge in [-0.2, -0.15) is 0 Å². The molecule has 0 aliphatic carbocycles. The maximum Gasteiger partial charge on any atom is 0.164 e. The van der Waals surface area contributed by atoms with Crippen LogP contribution in [0.1, 0.15) is 0 Å². The lowest BCUT2D eigenvalue weighted by molar-refractivity contribution is 1.08. The van der Waals surface area contributed by atoms with Gasteiger partial charge in [-0.15, -0.1) is 0 Å². The van der Waals surface area contributed by atoms with Crippen LogP contribution in [0.15, 0.2) is 188 Å². The molecule has 0 N–H and O–H groups in total. The summed E-state index contributed by atoms with van der Waals surface area (Å²) in [6, 6.07) is 65.9. The van der Waals surface area contributed by atoms with Crippen LogP contribution in [-0.2, 0) is 0 Å². The summed E-state index contributed by atoms with van der Waals surface area (Å²) in [6.07, 6.45) is 0. The highest BCUT2D eigenvalue weighted by atomic mass is 15.0.